The maximum absolute atomic E-state index is 14.9. The van der Waals surface area contributed by atoms with E-state index in [1.54, 1.807) is 24.5 Å². The lowest BCUT2D eigenvalue weighted by molar-refractivity contribution is 0.176. The molecule has 2 aromatic heterocycles. The summed E-state index contributed by atoms with van der Waals surface area (Å²) in [6, 6.07) is 8.63. The average Bonchev–Trinajstić information content (AvgIpc) is 3.19. The van der Waals surface area contributed by atoms with E-state index in [0.29, 0.717) is 23.1 Å². The Bertz CT molecular complexity index is 1200. The van der Waals surface area contributed by atoms with Gasteiger partial charge in [0.1, 0.15) is 17.7 Å². The molecule has 2 aliphatic rings. The largest absolute Gasteiger partial charge is 0.507 e. The van der Waals surface area contributed by atoms with Gasteiger partial charge in [0.25, 0.3) is 0 Å². The number of aryl methyl sites for hydroxylation is 1. The summed E-state index contributed by atoms with van der Waals surface area (Å²) >= 11 is 0. The van der Waals surface area contributed by atoms with Crippen LogP contribution < -0.4 is 15.8 Å². The van der Waals surface area contributed by atoms with Crippen molar-refractivity contribution in [3.8, 4) is 28.1 Å². The summed E-state index contributed by atoms with van der Waals surface area (Å²) in [5.74, 6) is 0.660. The molecular weight excluding hydrogens is 409 g/mol. The van der Waals surface area contributed by atoms with Gasteiger partial charge >= 0.3 is 0 Å². The number of H-pyrrole nitrogens is 1. The molecule has 0 radical (unpaired) electrons. The number of aromatic amines is 1. The van der Waals surface area contributed by atoms with Crippen LogP contribution in [-0.4, -0.2) is 51.4 Å². The quantitative estimate of drug-likeness (QED) is 0.583. The van der Waals surface area contributed by atoms with Crippen molar-refractivity contribution in [2.45, 2.75) is 50.5 Å². The van der Waals surface area contributed by atoms with Crippen LogP contribution in [0.4, 0.5) is 10.2 Å². The van der Waals surface area contributed by atoms with E-state index < -0.39 is 6.17 Å². The van der Waals surface area contributed by atoms with Gasteiger partial charge in [-0.05, 0) is 55.5 Å². The zero-order chi connectivity index (χ0) is 22.4. The molecule has 32 heavy (non-hydrogen) atoms. The zero-order valence-corrected chi connectivity index (χ0v) is 18.0. The molecule has 3 aromatic rings. The molecule has 0 aliphatic carbocycles. The molecule has 1 aromatic carbocycles. The first-order valence-electron chi connectivity index (χ1n) is 10.9. The molecule has 3 N–H and O–H groups in total. The molecule has 166 valence electrons. The van der Waals surface area contributed by atoms with Gasteiger partial charge in [0.2, 0.25) is 5.56 Å². The number of phenolic OH excluding ortho intramolecular Hbond substituents is 1. The minimum Gasteiger partial charge on any atom is -0.507 e. The standard InChI is InChI=1S/C24H26FN5O2/c1-13-7-15(9-23(32)28-13)14-3-5-17(21(31)8-14)19-11-27-22(12-26-19)30(2)20-10-16-4-6-18(29-16)24(20)25/h3,5,7-9,11-12,16,18,20,24,29,31H,4,6,10H2,1-2H3,(H,28,32)/t16-,18+,20-,24+/m0/s1. The van der Waals surface area contributed by atoms with E-state index in [0.717, 1.165) is 36.1 Å². The number of aromatic hydroxyl groups is 1. The molecule has 4 atom stereocenters. The molecule has 4 heterocycles. The molecular formula is C24H26FN5O2. The van der Waals surface area contributed by atoms with Crippen molar-refractivity contribution >= 4 is 5.82 Å². The Kier molecular flexibility index (Phi) is 5.17. The normalized spacial score (nSPS) is 24.5. The Morgan fingerprint density at radius 1 is 1.12 bits per heavy atom. The van der Waals surface area contributed by atoms with E-state index >= 15 is 0 Å². The van der Waals surface area contributed by atoms with Gasteiger partial charge in [0, 0.05) is 36.5 Å². The second-order valence-corrected chi connectivity index (χ2v) is 8.81. The smallest absolute Gasteiger partial charge is 0.248 e. The minimum absolute atomic E-state index is 0.0505. The van der Waals surface area contributed by atoms with Crippen LogP contribution in [0.2, 0.25) is 0 Å². The number of phenols is 1. The van der Waals surface area contributed by atoms with Crippen LogP contribution in [0.5, 0.6) is 5.75 Å². The van der Waals surface area contributed by atoms with E-state index in [1.165, 1.54) is 6.07 Å². The maximum Gasteiger partial charge on any atom is 0.248 e. The Hall–Kier alpha value is -3.26. The monoisotopic (exact) mass is 435 g/mol. The second-order valence-electron chi connectivity index (χ2n) is 8.81. The van der Waals surface area contributed by atoms with Gasteiger partial charge < -0.3 is 20.3 Å². The SMILES string of the molecule is Cc1cc(-c2ccc(-c3cnc(N(C)[C@H]4C[C@@H]5CC[C@@H](N5)[C@H]4F)cn3)c(O)c2)cc(=O)[nH]1. The molecule has 8 heteroatoms. The lowest BCUT2D eigenvalue weighted by Crippen LogP contribution is -2.55. The van der Waals surface area contributed by atoms with Crippen molar-refractivity contribution in [3.05, 3.63) is 58.8 Å². The first-order chi connectivity index (χ1) is 15.4. The lowest BCUT2D eigenvalue weighted by Gasteiger charge is -2.38. The first-order valence-corrected chi connectivity index (χ1v) is 10.9. The van der Waals surface area contributed by atoms with E-state index in [2.05, 4.69) is 20.3 Å². The number of anilines is 1. The van der Waals surface area contributed by atoms with Crippen molar-refractivity contribution in [3.63, 3.8) is 0 Å². The number of pyridine rings is 1. The van der Waals surface area contributed by atoms with Gasteiger partial charge in [-0.15, -0.1) is 0 Å². The fraction of sp³-hybridized carbons (Fsp3) is 0.375. The molecule has 0 saturated carbocycles. The number of piperidine rings is 1. The molecule has 5 rings (SSSR count). The van der Waals surface area contributed by atoms with Crippen LogP contribution in [0, 0.1) is 6.92 Å². The number of nitrogens with one attached hydrogen (secondary N) is 2. The highest BCUT2D eigenvalue weighted by Crippen LogP contribution is 2.35. The number of hydrogen-bond donors (Lipinski definition) is 3. The van der Waals surface area contributed by atoms with E-state index in [9.17, 15) is 14.3 Å². The van der Waals surface area contributed by atoms with Crippen LogP contribution >= 0.6 is 0 Å². The van der Waals surface area contributed by atoms with Crippen molar-refractivity contribution in [2.75, 3.05) is 11.9 Å². The van der Waals surface area contributed by atoms with Gasteiger partial charge in [0.05, 0.1) is 24.1 Å². The van der Waals surface area contributed by atoms with E-state index in [1.807, 2.05) is 31.0 Å². The Balaban J connectivity index is 1.37. The average molecular weight is 436 g/mol. The summed E-state index contributed by atoms with van der Waals surface area (Å²) in [7, 11) is 1.86. The fourth-order valence-electron chi connectivity index (χ4n) is 4.94. The van der Waals surface area contributed by atoms with E-state index in [4.69, 9.17) is 0 Å². The van der Waals surface area contributed by atoms with Gasteiger partial charge in [0.15, 0.2) is 0 Å². The second kappa shape index (κ2) is 8.02. The summed E-state index contributed by atoms with van der Waals surface area (Å²) in [6.07, 6.45) is 4.94. The van der Waals surface area contributed by atoms with Gasteiger partial charge in [-0.3, -0.25) is 9.78 Å². The Morgan fingerprint density at radius 3 is 2.69 bits per heavy atom. The van der Waals surface area contributed by atoms with Crippen LogP contribution in [0.3, 0.4) is 0 Å². The van der Waals surface area contributed by atoms with Gasteiger partial charge in [-0.25, -0.2) is 9.37 Å². The van der Waals surface area contributed by atoms with Crippen molar-refractivity contribution in [1.82, 2.24) is 20.3 Å². The number of fused-ring (bicyclic) bond motifs is 2. The zero-order valence-electron chi connectivity index (χ0n) is 18.0. The highest BCUT2D eigenvalue weighted by atomic mass is 19.1. The predicted octanol–water partition coefficient (Wildman–Crippen LogP) is 3.18. The highest BCUT2D eigenvalue weighted by molar-refractivity contribution is 5.74. The first kappa shape index (κ1) is 20.6. The number of rotatable bonds is 4. The number of hydrogen-bond acceptors (Lipinski definition) is 6. The van der Waals surface area contributed by atoms with Crippen LogP contribution in [0.15, 0.2) is 47.5 Å². The number of halogens is 1. The topological polar surface area (TPSA) is 94.1 Å². The third-order valence-corrected chi connectivity index (χ3v) is 6.64. The molecule has 0 spiro atoms. The van der Waals surface area contributed by atoms with Crippen molar-refractivity contribution < 1.29 is 9.50 Å². The third kappa shape index (κ3) is 3.75. The van der Waals surface area contributed by atoms with Crippen molar-refractivity contribution in [1.29, 1.82) is 0 Å². The molecule has 2 aliphatic heterocycles. The Labute approximate surface area is 185 Å². The van der Waals surface area contributed by atoms with Gasteiger partial charge in [-0.1, -0.05) is 6.07 Å². The van der Waals surface area contributed by atoms with Crippen LogP contribution in [-0.2, 0) is 0 Å². The summed E-state index contributed by atoms with van der Waals surface area (Å²) in [6.45, 7) is 1.81. The van der Waals surface area contributed by atoms with Gasteiger partial charge in [-0.2, -0.15) is 0 Å². The molecule has 0 unspecified atom stereocenters. The van der Waals surface area contributed by atoms with Crippen LogP contribution in [0.25, 0.3) is 22.4 Å². The summed E-state index contributed by atoms with van der Waals surface area (Å²) in [5, 5.41) is 14.0. The fourth-order valence-corrected chi connectivity index (χ4v) is 4.94. The number of aromatic nitrogens is 3. The molecule has 2 fully saturated rings. The Morgan fingerprint density at radius 2 is 1.97 bits per heavy atom. The lowest BCUT2D eigenvalue weighted by atomic mass is 9.96. The summed E-state index contributed by atoms with van der Waals surface area (Å²) in [4.78, 5) is 25.3. The van der Waals surface area contributed by atoms with E-state index in [-0.39, 0.29) is 23.4 Å². The maximum atomic E-state index is 14.9. The number of nitrogens with zero attached hydrogens (tertiary/aromatic N) is 3. The van der Waals surface area contributed by atoms with Crippen LogP contribution in [0.1, 0.15) is 25.0 Å². The number of alkyl halides is 1. The predicted molar refractivity (Wildman–Crippen MR) is 122 cm³/mol. The molecule has 2 saturated heterocycles. The summed E-state index contributed by atoms with van der Waals surface area (Å²) < 4.78 is 14.9. The minimum atomic E-state index is -0.939. The molecule has 2 bridgehead atoms. The molecule has 7 nitrogen and oxygen atoms in total. The molecule has 0 amide bonds. The third-order valence-electron chi connectivity index (χ3n) is 6.64. The summed E-state index contributed by atoms with van der Waals surface area (Å²) in [5.41, 5.74) is 3.09. The number of benzene rings is 1. The van der Waals surface area contributed by atoms with Crippen molar-refractivity contribution in [2.24, 2.45) is 0 Å². The highest BCUT2D eigenvalue weighted by Gasteiger charge is 2.43.